The molecule has 1 atom stereocenters. The molecule has 0 bridgehead atoms. The Hall–Kier alpha value is -2.84. The van der Waals surface area contributed by atoms with Gasteiger partial charge >= 0.3 is 5.97 Å². The van der Waals surface area contributed by atoms with E-state index in [2.05, 4.69) is 37.4 Å². The number of ether oxygens (including phenoxy) is 5. The molecule has 2 aromatic rings. The first-order valence-corrected chi connectivity index (χ1v) is 12.4. The molecule has 0 amide bonds. The van der Waals surface area contributed by atoms with E-state index in [0.29, 0.717) is 24.7 Å². The summed E-state index contributed by atoms with van der Waals surface area (Å²) in [5.74, 6) is 0.972. The molecule has 0 heterocycles. The molecule has 2 rings (SSSR count). The van der Waals surface area contributed by atoms with Crippen molar-refractivity contribution >= 4 is 23.4 Å². The third kappa shape index (κ3) is 9.66. The third-order valence-electron chi connectivity index (χ3n) is 5.62. The zero-order valence-electron chi connectivity index (χ0n) is 22.4. The van der Waals surface area contributed by atoms with Crippen LogP contribution in [0.5, 0.6) is 11.5 Å². The molecular formula is C28H39NO6S. The number of carbonyl (C=O) groups is 1. The van der Waals surface area contributed by atoms with Crippen molar-refractivity contribution in [3.05, 3.63) is 58.7 Å². The van der Waals surface area contributed by atoms with Crippen molar-refractivity contribution in [2.45, 2.75) is 47.6 Å². The maximum Gasteiger partial charge on any atom is 0.311 e. The summed E-state index contributed by atoms with van der Waals surface area (Å²) in [5.41, 5.74) is 4.00. The predicted octanol–water partition coefficient (Wildman–Crippen LogP) is 5.13. The Morgan fingerprint density at radius 3 is 2.33 bits per heavy atom. The summed E-state index contributed by atoms with van der Waals surface area (Å²) in [6.07, 6.45) is 0.744. The van der Waals surface area contributed by atoms with Gasteiger partial charge < -0.3 is 29.0 Å². The van der Waals surface area contributed by atoms with Crippen LogP contribution in [-0.4, -0.2) is 45.3 Å². The summed E-state index contributed by atoms with van der Waals surface area (Å²) < 4.78 is 27.2. The Morgan fingerprint density at radius 2 is 1.69 bits per heavy atom. The minimum Gasteiger partial charge on any atom is -0.493 e. The number of esters is 1. The van der Waals surface area contributed by atoms with E-state index in [4.69, 9.17) is 35.9 Å². The van der Waals surface area contributed by atoms with E-state index < -0.39 is 5.41 Å². The van der Waals surface area contributed by atoms with Crippen LogP contribution >= 0.6 is 12.2 Å². The molecular weight excluding hydrogens is 478 g/mol. The highest BCUT2D eigenvalue weighted by Crippen LogP contribution is 2.28. The van der Waals surface area contributed by atoms with Crippen LogP contribution in [-0.2, 0) is 32.0 Å². The van der Waals surface area contributed by atoms with Crippen LogP contribution in [0.25, 0.3) is 0 Å². The molecule has 2 aromatic carbocycles. The quantitative estimate of drug-likeness (QED) is 0.236. The summed E-state index contributed by atoms with van der Waals surface area (Å²) in [7, 11) is 3.14. The highest BCUT2D eigenvalue weighted by Gasteiger charge is 2.24. The molecule has 1 unspecified atom stereocenters. The number of carbonyl (C=O) groups excluding carboxylic acids is 1. The van der Waals surface area contributed by atoms with E-state index in [-0.39, 0.29) is 30.5 Å². The Bertz CT molecular complexity index is 1020. The molecule has 0 fully saturated rings. The fraction of sp³-hybridized carbons (Fsp3) is 0.500. The van der Waals surface area contributed by atoms with Crippen molar-refractivity contribution in [3.8, 4) is 11.5 Å². The minimum atomic E-state index is -0.554. The largest absolute Gasteiger partial charge is 0.493 e. The van der Waals surface area contributed by atoms with Gasteiger partial charge in [0.25, 0.3) is 5.17 Å². The van der Waals surface area contributed by atoms with E-state index in [9.17, 15) is 4.79 Å². The van der Waals surface area contributed by atoms with Crippen LogP contribution in [0.15, 0.2) is 36.4 Å². The number of thiocarbonyl (C=S) groups is 1. The number of hydrogen-bond donors (Lipinski definition) is 1. The number of rotatable bonds is 12. The van der Waals surface area contributed by atoms with Crippen LogP contribution in [0.2, 0.25) is 0 Å². The molecule has 8 heteroatoms. The lowest BCUT2D eigenvalue weighted by atomic mass is 9.96. The molecule has 0 saturated carbocycles. The highest BCUT2D eigenvalue weighted by atomic mass is 32.1. The summed E-state index contributed by atoms with van der Waals surface area (Å²) in [5, 5.41) is 3.45. The first-order valence-electron chi connectivity index (χ1n) is 12.0. The second-order valence-corrected chi connectivity index (χ2v) is 10.2. The molecule has 1 N–H and O–H groups in total. The van der Waals surface area contributed by atoms with E-state index in [0.717, 1.165) is 12.0 Å². The van der Waals surface area contributed by atoms with Gasteiger partial charge in [0.05, 0.1) is 19.1 Å². The van der Waals surface area contributed by atoms with Gasteiger partial charge in [0.1, 0.15) is 6.61 Å². The number of methoxy groups -OCH3 is 2. The predicted molar refractivity (Wildman–Crippen MR) is 144 cm³/mol. The second-order valence-electron chi connectivity index (χ2n) is 9.83. The Balaban J connectivity index is 1.96. The van der Waals surface area contributed by atoms with Crippen molar-refractivity contribution in [1.29, 1.82) is 0 Å². The van der Waals surface area contributed by atoms with Crippen molar-refractivity contribution in [2.24, 2.45) is 11.3 Å². The van der Waals surface area contributed by atoms with Gasteiger partial charge in [-0.15, -0.1) is 0 Å². The Kier molecular flexibility index (Phi) is 11.5. The smallest absolute Gasteiger partial charge is 0.311 e. The van der Waals surface area contributed by atoms with E-state index in [1.54, 1.807) is 20.3 Å². The first-order chi connectivity index (χ1) is 17.0. The van der Waals surface area contributed by atoms with Gasteiger partial charge in [-0.3, -0.25) is 4.79 Å². The first kappa shape index (κ1) is 29.4. The van der Waals surface area contributed by atoms with Crippen LogP contribution in [0.4, 0.5) is 0 Å². The van der Waals surface area contributed by atoms with Gasteiger partial charge in [0, 0.05) is 19.6 Å². The van der Waals surface area contributed by atoms with Gasteiger partial charge in [-0.25, -0.2) is 0 Å². The summed E-state index contributed by atoms with van der Waals surface area (Å²) in [6.45, 7) is 10.9. The Morgan fingerprint density at radius 1 is 0.972 bits per heavy atom. The SMILES string of the molecule is COCOc1ccc(COC(=S)NCC(COC(=O)C(C)(C)C)Cc2ccc(C)c(C)c2)cc1OC. The van der Waals surface area contributed by atoms with Crippen LogP contribution in [0.3, 0.4) is 0 Å². The molecule has 0 aliphatic carbocycles. The average Bonchev–Trinajstić information content (AvgIpc) is 2.84. The maximum absolute atomic E-state index is 12.3. The molecule has 0 radical (unpaired) electrons. The fourth-order valence-electron chi connectivity index (χ4n) is 3.33. The molecule has 7 nitrogen and oxygen atoms in total. The van der Waals surface area contributed by atoms with Gasteiger partial charge in [-0.1, -0.05) is 24.3 Å². The lowest BCUT2D eigenvalue weighted by molar-refractivity contribution is -0.154. The van der Waals surface area contributed by atoms with Crippen molar-refractivity contribution in [3.63, 3.8) is 0 Å². The number of nitrogens with one attached hydrogen (secondary N) is 1. The van der Waals surface area contributed by atoms with Crippen LogP contribution < -0.4 is 14.8 Å². The zero-order valence-corrected chi connectivity index (χ0v) is 23.3. The molecule has 0 spiro atoms. The van der Waals surface area contributed by atoms with Crippen LogP contribution in [0.1, 0.15) is 43.0 Å². The number of hydrogen-bond acceptors (Lipinski definition) is 7. The normalized spacial score (nSPS) is 12.0. The van der Waals surface area contributed by atoms with Crippen LogP contribution in [0, 0.1) is 25.2 Å². The molecule has 198 valence electrons. The van der Waals surface area contributed by atoms with Crippen molar-refractivity contribution in [2.75, 3.05) is 34.2 Å². The zero-order chi connectivity index (χ0) is 26.7. The lowest BCUT2D eigenvalue weighted by Gasteiger charge is -2.22. The maximum atomic E-state index is 12.3. The highest BCUT2D eigenvalue weighted by molar-refractivity contribution is 7.80. The molecule has 0 saturated heterocycles. The Labute approximate surface area is 220 Å². The third-order valence-corrected chi connectivity index (χ3v) is 5.89. The molecule has 0 aliphatic heterocycles. The topological polar surface area (TPSA) is 75.3 Å². The van der Waals surface area contributed by atoms with Gasteiger partial charge in [-0.2, -0.15) is 0 Å². The molecule has 0 aromatic heterocycles. The van der Waals surface area contributed by atoms with E-state index in [1.807, 2.05) is 32.9 Å². The van der Waals surface area contributed by atoms with Gasteiger partial charge in [-0.05, 0) is 87.6 Å². The molecule has 0 aliphatic rings. The minimum absolute atomic E-state index is 0.0252. The lowest BCUT2D eigenvalue weighted by Crippen LogP contribution is -2.34. The number of benzene rings is 2. The van der Waals surface area contributed by atoms with E-state index in [1.165, 1.54) is 16.7 Å². The second kappa shape index (κ2) is 14.0. The monoisotopic (exact) mass is 517 g/mol. The summed E-state index contributed by atoms with van der Waals surface area (Å²) >= 11 is 5.40. The fourth-order valence-corrected chi connectivity index (χ4v) is 3.48. The van der Waals surface area contributed by atoms with E-state index >= 15 is 0 Å². The standard InChI is InChI=1S/C28H39NO6S/c1-19-8-9-21(12-20(19)2)13-23(17-33-26(30)28(3,4)5)15-29-27(36)34-16-22-10-11-24(35-18-31-6)25(14-22)32-7/h8-12,14,23H,13,15-18H2,1-7H3,(H,29,36). The summed E-state index contributed by atoms with van der Waals surface area (Å²) in [6, 6.07) is 11.9. The van der Waals surface area contributed by atoms with Crippen molar-refractivity contribution < 1.29 is 28.5 Å². The summed E-state index contributed by atoms with van der Waals surface area (Å²) in [4.78, 5) is 12.3. The molecule has 36 heavy (non-hydrogen) atoms. The van der Waals surface area contributed by atoms with Gasteiger partial charge in [0.2, 0.25) is 0 Å². The average molecular weight is 518 g/mol. The van der Waals surface area contributed by atoms with Gasteiger partial charge in [0.15, 0.2) is 18.3 Å². The van der Waals surface area contributed by atoms with Crippen molar-refractivity contribution in [1.82, 2.24) is 5.32 Å². The number of aryl methyl sites for hydroxylation is 2.